The summed E-state index contributed by atoms with van der Waals surface area (Å²) in [7, 11) is 1.70. The van der Waals surface area contributed by atoms with Crippen molar-refractivity contribution < 1.29 is 4.74 Å². The average molecular weight is 262 g/mol. The maximum absolute atomic E-state index is 5.27. The summed E-state index contributed by atoms with van der Waals surface area (Å²) in [4.78, 5) is 0. The molecule has 3 aromatic rings. The number of ether oxygens (including phenoxy) is 1. The summed E-state index contributed by atoms with van der Waals surface area (Å²) in [6, 6.07) is 23.5. The smallest absolute Gasteiger partial charge is 0.119 e. The molecule has 100 valence electrons. The fourth-order valence-electron chi connectivity index (χ4n) is 2.57. The molecule has 1 nitrogen and oxygen atoms in total. The molecule has 1 heteroatoms. The molecule has 1 atom stereocenters. The molecule has 0 aliphatic heterocycles. The summed E-state index contributed by atoms with van der Waals surface area (Å²) in [5.74, 6) is 1.31. The first-order chi connectivity index (χ1) is 9.78. The van der Waals surface area contributed by atoms with Gasteiger partial charge in [-0.25, -0.2) is 0 Å². The summed E-state index contributed by atoms with van der Waals surface area (Å²) >= 11 is 0. The van der Waals surface area contributed by atoms with E-state index in [2.05, 4.69) is 67.6 Å². The highest BCUT2D eigenvalue weighted by atomic mass is 16.5. The zero-order chi connectivity index (χ0) is 13.9. The molecule has 0 saturated heterocycles. The maximum atomic E-state index is 5.27. The molecular weight excluding hydrogens is 244 g/mol. The molecule has 3 aromatic carbocycles. The van der Waals surface area contributed by atoms with Gasteiger partial charge >= 0.3 is 0 Å². The van der Waals surface area contributed by atoms with E-state index < -0.39 is 0 Å². The van der Waals surface area contributed by atoms with Crippen molar-refractivity contribution in [2.75, 3.05) is 7.11 Å². The van der Waals surface area contributed by atoms with Crippen molar-refractivity contribution in [2.24, 2.45) is 0 Å². The zero-order valence-corrected chi connectivity index (χ0v) is 11.8. The molecule has 0 radical (unpaired) electrons. The highest BCUT2D eigenvalue weighted by Crippen LogP contribution is 2.28. The summed E-state index contributed by atoms with van der Waals surface area (Å²) in [5.41, 5.74) is 2.69. The molecule has 0 heterocycles. The molecule has 20 heavy (non-hydrogen) atoms. The predicted octanol–water partition coefficient (Wildman–Crippen LogP) is 5.00. The Morgan fingerprint density at radius 2 is 1.45 bits per heavy atom. The molecule has 0 amide bonds. The molecular formula is C19H18O. The van der Waals surface area contributed by atoms with E-state index in [1.165, 1.54) is 21.9 Å². The summed E-state index contributed by atoms with van der Waals surface area (Å²) in [5, 5.41) is 2.47. The Morgan fingerprint density at radius 3 is 2.20 bits per heavy atom. The molecule has 0 N–H and O–H groups in total. The van der Waals surface area contributed by atoms with Crippen LogP contribution in [0.3, 0.4) is 0 Å². The van der Waals surface area contributed by atoms with Crippen LogP contribution in [0, 0.1) is 0 Å². The van der Waals surface area contributed by atoms with Crippen LogP contribution >= 0.6 is 0 Å². The van der Waals surface area contributed by atoms with Crippen LogP contribution in [-0.2, 0) is 0 Å². The van der Waals surface area contributed by atoms with E-state index in [4.69, 9.17) is 4.74 Å². The third-order valence-corrected chi connectivity index (χ3v) is 3.87. The standard InChI is InChI=1S/C19H18O/c1-14(15-6-4-3-5-7-15)16-8-9-18-13-19(20-2)11-10-17(18)12-16/h3-14H,1-2H3/t14-/m1/s1. The van der Waals surface area contributed by atoms with E-state index in [1.54, 1.807) is 7.11 Å². The van der Waals surface area contributed by atoms with E-state index in [-0.39, 0.29) is 0 Å². The predicted molar refractivity (Wildman–Crippen MR) is 84.5 cm³/mol. The summed E-state index contributed by atoms with van der Waals surface area (Å²) in [6.45, 7) is 2.25. The van der Waals surface area contributed by atoms with Gasteiger partial charge in [-0.1, -0.05) is 61.5 Å². The Labute approximate surface area is 119 Å². The van der Waals surface area contributed by atoms with Crippen LogP contribution in [0.5, 0.6) is 5.75 Å². The summed E-state index contributed by atoms with van der Waals surface area (Å²) < 4.78 is 5.27. The molecule has 0 aliphatic rings. The Kier molecular flexibility index (Phi) is 3.42. The first-order valence-electron chi connectivity index (χ1n) is 6.90. The fraction of sp³-hybridized carbons (Fsp3) is 0.158. The monoisotopic (exact) mass is 262 g/mol. The number of fused-ring (bicyclic) bond motifs is 1. The Bertz CT molecular complexity index is 716. The van der Waals surface area contributed by atoms with Gasteiger partial charge in [0.2, 0.25) is 0 Å². The maximum Gasteiger partial charge on any atom is 0.119 e. The SMILES string of the molecule is COc1ccc2cc([C@H](C)c3ccccc3)ccc2c1. The Balaban J connectivity index is 2.01. The molecule has 0 unspecified atom stereocenters. The van der Waals surface area contributed by atoms with Crippen LogP contribution in [0.2, 0.25) is 0 Å². The van der Waals surface area contributed by atoms with Crippen LogP contribution in [0.4, 0.5) is 0 Å². The molecule has 0 saturated carbocycles. The van der Waals surface area contributed by atoms with Gasteiger partial charge in [-0.15, -0.1) is 0 Å². The van der Waals surface area contributed by atoms with Gasteiger partial charge in [0, 0.05) is 5.92 Å². The number of hydrogen-bond donors (Lipinski definition) is 0. The van der Waals surface area contributed by atoms with Crippen molar-refractivity contribution >= 4 is 10.8 Å². The number of rotatable bonds is 3. The largest absolute Gasteiger partial charge is 0.497 e. The Morgan fingerprint density at radius 1 is 0.750 bits per heavy atom. The first kappa shape index (κ1) is 12.7. The van der Waals surface area contributed by atoms with Crippen LogP contribution in [0.15, 0.2) is 66.7 Å². The van der Waals surface area contributed by atoms with E-state index in [1.807, 2.05) is 6.07 Å². The lowest BCUT2D eigenvalue weighted by atomic mass is 9.91. The van der Waals surface area contributed by atoms with Gasteiger partial charge in [0.1, 0.15) is 5.75 Å². The molecule has 0 bridgehead atoms. The lowest BCUT2D eigenvalue weighted by Gasteiger charge is -2.13. The average Bonchev–Trinajstić information content (AvgIpc) is 2.54. The molecule has 0 spiro atoms. The highest BCUT2D eigenvalue weighted by Gasteiger charge is 2.08. The minimum absolute atomic E-state index is 0.405. The van der Waals surface area contributed by atoms with Crippen molar-refractivity contribution in [1.82, 2.24) is 0 Å². The number of benzene rings is 3. The second-order valence-electron chi connectivity index (χ2n) is 5.10. The van der Waals surface area contributed by atoms with Crippen molar-refractivity contribution in [1.29, 1.82) is 0 Å². The van der Waals surface area contributed by atoms with Gasteiger partial charge in [0.15, 0.2) is 0 Å². The second-order valence-corrected chi connectivity index (χ2v) is 5.10. The van der Waals surface area contributed by atoms with E-state index in [0.29, 0.717) is 5.92 Å². The quantitative estimate of drug-likeness (QED) is 0.645. The lowest BCUT2D eigenvalue weighted by molar-refractivity contribution is 0.415. The van der Waals surface area contributed by atoms with Gasteiger partial charge in [-0.05, 0) is 34.0 Å². The molecule has 3 rings (SSSR count). The van der Waals surface area contributed by atoms with Gasteiger partial charge in [0.05, 0.1) is 7.11 Å². The Hall–Kier alpha value is -2.28. The second kappa shape index (κ2) is 5.38. The molecule has 0 aromatic heterocycles. The first-order valence-corrected chi connectivity index (χ1v) is 6.90. The van der Waals surface area contributed by atoms with Crippen LogP contribution in [0.25, 0.3) is 10.8 Å². The van der Waals surface area contributed by atoms with Crippen LogP contribution in [-0.4, -0.2) is 7.11 Å². The normalized spacial score (nSPS) is 12.3. The van der Waals surface area contributed by atoms with E-state index in [0.717, 1.165) is 5.75 Å². The van der Waals surface area contributed by atoms with Gasteiger partial charge in [-0.2, -0.15) is 0 Å². The number of hydrogen-bond acceptors (Lipinski definition) is 1. The zero-order valence-electron chi connectivity index (χ0n) is 11.8. The van der Waals surface area contributed by atoms with Gasteiger partial charge in [0.25, 0.3) is 0 Å². The molecule has 0 fully saturated rings. The van der Waals surface area contributed by atoms with E-state index in [9.17, 15) is 0 Å². The topological polar surface area (TPSA) is 9.23 Å². The fourth-order valence-corrected chi connectivity index (χ4v) is 2.57. The third kappa shape index (κ3) is 2.39. The number of methoxy groups -OCH3 is 1. The minimum Gasteiger partial charge on any atom is -0.497 e. The van der Waals surface area contributed by atoms with E-state index >= 15 is 0 Å². The van der Waals surface area contributed by atoms with Gasteiger partial charge in [-0.3, -0.25) is 0 Å². The highest BCUT2D eigenvalue weighted by molar-refractivity contribution is 5.84. The van der Waals surface area contributed by atoms with Crippen molar-refractivity contribution in [3.63, 3.8) is 0 Å². The minimum atomic E-state index is 0.405. The van der Waals surface area contributed by atoms with Crippen molar-refractivity contribution in [2.45, 2.75) is 12.8 Å². The van der Waals surface area contributed by atoms with Gasteiger partial charge < -0.3 is 4.74 Å². The van der Waals surface area contributed by atoms with Crippen molar-refractivity contribution in [3.8, 4) is 5.75 Å². The van der Waals surface area contributed by atoms with Crippen molar-refractivity contribution in [3.05, 3.63) is 77.9 Å². The summed E-state index contributed by atoms with van der Waals surface area (Å²) in [6.07, 6.45) is 0. The molecule has 0 aliphatic carbocycles. The van der Waals surface area contributed by atoms with Crippen LogP contribution < -0.4 is 4.74 Å². The van der Waals surface area contributed by atoms with Crippen LogP contribution in [0.1, 0.15) is 24.0 Å². The third-order valence-electron chi connectivity index (χ3n) is 3.87. The lowest BCUT2D eigenvalue weighted by Crippen LogP contribution is -1.95.